The van der Waals surface area contributed by atoms with Gasteiger partial charge < -0.3 is 0 Å². The topological polar surface area (TPSA) is 12.9 Å². The van der Waals surface area contributed by atoms with Gasteiger partial charge in [-0.1, -0.05) is 0 Å². The molecule has 2 rings (SSSR count). The minimum Gasteiger partial charge on any atom is -0.241 e. The van der Waals surface area contributed by atoms with Gasteiger partial charge in [-0.2, -0.15) is 0 Å². The third-order valence-electron chi connectivity index (χ3n) is 2.25. The Balaban J connectivity index is 2.84. The highest BCUT2D eigenvalue weighted by Crippen LogP contribution is 2.34. The Kier molecular flexibility index (Phi) is 3.10. The fourth-order valence-electron chi connectivity index (χ4n) is 1.48. The van der Waals surface area contributed by atoms with E-state index < -0.39 is 34.6 Å². The molecular weight excluding hydrogens is 273 g/mol. The zero-order chi connectivity index (χ0) is 13.6. The third kappa shape index (κ3) is 1.78. The van der Waals surface area contributed by atoms with Gasteiger partial charge in [0.1, 0.15) is 0 Å². The van der Waals surface area contributed by atoms with Crippen LogP contribution in [-0.4, -0.2) is 4.98 Å². The van der Waals surface area contributed by atoms with E-state index in [9.17, 15) is 22.0 Å². The smallest absolute Gasteiger partial charge is 0.200 e. The summed E-state index contributed by atoms with van der Waals surface area (Å²) in [5.74, 6) is -9.97. The molecule has 2 aromatic rings. The van der Waals surface area contributed by atoms with Gasteiger partial charge in [0.25, 0.3) is 0 Å². The minimum atomic E-state index is -2.19. The van der Waals surface area contributed by atoms with Crippen molar-refractivity contribution in [2.24, 2.45) is 0 Å². The lowest BCUT2D eigenvalue weighted by Crippen LogP contribution is -2.04. The van der Waals surface area contributed by atoms with Crippen LogP contribution >= 0.6 is 11.3 Å². The number of halogens is 5. The van der Waals surface area contributed by atoms with E-state index in [1.807, 2.05) is 0 Å². The molecule has 0 saturated heterocycles. The van der Waals surface area contributed by atoms with Crippen LogP contribution in [0.1, 0.15) is 9.88 Å². The number of thiazole rings is 1. The number of benzene rings is 1. The Labute approximate surface area is 103 Å². The highest BCUT2D eigenvalue weighted by molar-refractivity contribution is 7.12. The lowest BCUT2D eigenvalue weighted by molar-refractivity contribution is 0.381. The summed E-state index contributed by atoms with van der Waals surface area (Å²) in [6.45, 7) is 5.00. The van der Waals surface area contributed by atoms with Crippen LogP contribution in [0.4, 0.5) is 22.0 Å². The average Bonchev–Trinajstić information content (AvgIpc) is 2.64. The molecule has 1 aromatic heterocycles. The largest absolute Gasteiger partial charge is 0.241 e. The van der Waals surface area contributed by atoms with Crippen LogP contribution in [0.15, 0.2) is 0 Å². The molecule has 0 fully saturated rings. The van der Waals surface area contributed by atoms with E-state index in [4.69, 9.17) is 0 Å². The van der Waals surface area contributed by atoms with Crippen LogP contribution in [0, 0.1) is 42.9 Å². The van der Waals surface area contributed by atoms with E-state index in [1.165, 1.54) is 6.92 Å². The summed E-state index contributed by atoms with van der Waals surface area (Å²) in [6, 6.07) is 0. The molecule has 0 aliphatic rings. The highest BCUT2D eigenvalue weighted by Gasteiger charge is 2.28. The molecule has 0 saturated carbocycles. The van der Waals surface area contributed by atoms with Crippen LogP contribution in [0.3, 0.4) is 0 Å². The van der Waals surface area contributed by atoms with Crippen molar-refractivity contribution in [2.75, 3.05) is 0 Å². The number of hydrogen-bond donors (Lipinski definition) is 0. The quantitative estimate of drug-likeness (QED) is 0.436. The molecule has 0 unspecified atom stereocenters. The number of aryl methyl sites for hydroxylation is 1. The Morgan fingerprint density at radius 1 is 0.889 bits per heavy atom. The van der Waals surface area contributed by atoms with Gasteiger partial charge in [-0.3, -0.25) is 0 Å². The molecule has 1 nitrogen and oxygen atoms in total. The van der Waals surface area contributed by atoms with Crippen molar-refractivity contribution in [1.29, 1.82) is 0 Å². The van der Waals surface area contributed by atoms with Gasteiger partial charge in [-0.05, 0) is 13.8 Å². The van der Waals surface area contributed by atoms with E-state index in [2.05, 4.69) is 11.9 Å². The van der Waals surface area contributed by atoms with Gasteiger partial charge in [0.2, 0.25) is 5.82 Å². The minimum absolute atomic E-state index is 0.135. The fourth-order valence-corrected chi connectivity index (χ4v) is 2.22. The molecular formula is C11H5F5NS. The van der Waals surface area contributed by atoms with E-state index in [0.29, 0.717) is 5.01 Å². The highest BCUT2D eigenvalue weighted by atomic mass is 32.1. The van der Waals surface area contributed by atoms with E-state index in [0.717, 1.165) is 11.3 Å². The molecule has 7 heteroatoms. The Morgan fingerprint density at radius 3 is 1.72 bits per heavy atom. The molecule has 18 heavy (non-hydrogen) atoms. The Hall–Kier alpha value is -1.50. The van der Waals surface area contributed by atoms with Crippen LogP contribution in [0.5, 0.6) is 0 Å². The van der Waals surface area contributed by atoms with Crippen molar-refractivity contribution in [2.45, 2.75) is 6.92 Å². The monoisotopic (exact) mass is 278 g/mol. The summed E-state index contributed by atoms with van der Waals surface area (Å²) in [4.78, 5) is 3.87. The van der Waals surface area contributed by atoms with Crippen LogP contribution in [0.25, 0.3) is 11.3 Å². The van der Waals surface area contributed by atoms with E-state index >= 15 is 0 Å². The standard InChI is InChI=1S/C11H5F5NS/c1-3-11(17-4(2)18-3)5-6(12)8(14)10(16)9(15)7(5)13/h1H2,2H3. The van der Waals surface area contributed by atoms with Crippen LogP contribution < -0.4 is 0 Å². The molecule has 0 N–H and O–H groups in total. The summed E-state index contributed by atoms with van der Waals surface area (Å²) < 4.78 is 65.9. The van der Waals surface area contributed by atoms with Crippen LogP contribution in [-0.2, 0) is 0 Å². The van der Waals surface area contributed by atoms with Crippen molar-refractivity contribution in [3.63, 3.8) is 0 Å². The summed E-state index contributed by atoms with van der Waals surface area (Å²) in [6.07, 6.45) is 0. The van der Waals surface area contributed by atoms with Crippen LogP contribution in [0.2, 0.25) is 0 Å². The summed E-state index contributed by atoms with van der Waals surface area (Å²) >= 11 is 1.00. The Morgan fingerprint density at radius 2 is 1.33 bits per heavy atom. The zero-order valence-corrected chi connectivity index (χ0v) is 9.77. The molecule has 0 bridgehead atoms. The number of hydrogen-bond acceptors (Lipinski definition) is 2. The second-order valence-electron chi connectivity index (χ2n) is 3.45. The van der Waals surface area contributed by atoms with Gasteiger partial charge in [0.05, 0.1) is 16.3 Å². The second kappa shape index (κ2) is 4.31. The molecule has 0 spiro atoms. The average molecular weight is 278 g/mol. The number of nitrogens with zero attached hydrogens (tertiary/aromatic N) is 1. The maximum Gasteiger partial charge on any atom is 0.200 e. The Bertz CT molecular complexity index is 606. The maximum atomic E-state index is 13.5. The number of rotatable bonds is 1. The summed E-state index contributed by atoms with van der Waals surface area (Å²) in [7, 11) is 0. The number of aromatic nitrogens is 1. The first kappa shape index (κ1) is 12.9. The first-order chi connectivity index (χ1) is 8.34. The van der Waals surface area contributed by atoms with E-state index in [1.54, 1.807) is 0 Å². The first-order valence-electron chi connectivity index (χ1n) is 4.65. The molecule has 0 atom stereocenters. The molecule has 1 aromatic carbocycles. The van der Waals surface area contributed by atoms with Gasteiger partial charge in [-0.15, -0.1) is 11.3 Å². The second-order valence-corrected chi connectivity index (χ2v) is 4.74. The molecule has 0 amide bonds. The van der Waals surface area contributed by atoms with Crippen molar-refractivity contribution in [3.8, 4) is 11.3 Å². The lowest BCUT2D eigenvalue weighted by Gasteiger charge is -2.06. The van der Waals surface area contributed by atoms with Gasteiger partial charge in [0.15, 0.2) is 23.3 Å². The molecule has 1 radical (unpaired) electrons. The molecule has 0 aliphatic carbocycles. The first-order valence-corrected chi connectivity index (χ1v) is 5.47. The fraction of sp³-hybridized carbons (Fsp3) is 0.0909. The SMILES string of the molecule is [CH2]c1sc(C)nc1-c1c(F)c(F)c(F)c(F)c1F. The van der Waals surface area contributed by atoms with Gasteiger partial charge in [-0.25, -0.2) is 26.9 Å². The van der Waals surface area contributed by atoms with Crippen molar-refractivity contribution >= 4 is 11.3 Å². The third-order valence-corrected chi connectivity index (χ3v) is 3.08. The predicted octanol–water partition coefficient (Wildman–Crippen LogP) is 4.00. The molecule has 95 valence electrons. The molecule has 1 heterocycles. The summed E-state index contributed by atoms with van der Waals surface area (Å²) in [5.41, 5.74) is -1.37. The van der Waals surface area contributed by atoms with Crippen molar-refractivity contribution in [1.82, 2.24) is 4.98 Å². The van der Waals surface area contributed by atoms with Gasteiger partial charge in [0, 0.05) is 4.88 Å². The van der Waals surface area contributed by atoms with Gasteiger partial charge >= 0.3 is 0 Å². The van der Waals surface area contributed by atoms with Crippen molar-refractivity contribution < 1.29 is 22.0 Å². The zero-order valence-electron chi connectivity index (χ0n) is 8.95. The maximum absolute atomic E-state index is 13.5. The molecule has 0 aliphatic heterocycles. The summed E-state index contributed by atoms with van der Waals surface area (Å²) in [5, 5.41) is 0.416. The predicted molar refractivity (Wildman–Crippen MR) is 56.5 cm³/mol. The van der Waals surface area contributed by atoms with E-state index in [-0.39, 0.29) is 10.6 Å². The van der Waals surface area contributed by atoms with Crippen molar-refractivity contribution in [3.05, 3.63) is 45.9 Å². The normalized spacial score (nSPS) is 11.1. The lowest BCUT2D eigenvalue weighted by atomic mass is 10.1.